The number of hydrogen-bond acceptors (Lipinski definition) is 5. The maximum Gasteiger partial charge on any atom is 0.124 e. The Hall–Kier alpha value is -2.50. The lowest BCUT2D eigenvalue weighted by molar-refractivity contribution is 0.308. The molecule has 0 aliphatic carbocycles. The number of aromatic hydroxyl groups is 1. The highest BCUT2D eigenvalue weighted by Gasteiger charge is 2.09. The number of phenolic OH excluding ortho intramolecular Hbond substituents is 1. The van der Waals surface area contributed by atoms with Crippen molar-refractivity contribution in [3.63, 3.8) is 0 Å². The third-order valence-electron chi connectivity index (χ3n) is 5.26. The molecule has 5 nitrogen and oxygen atoms in total. The van der Waals surface area contributed by atoms with Gasteiger partial charge in [0.1, 0.15) is 17.2 Å². The number of rotatable bonds is 14. The quantitative estimate of drug-likeness (QED) is 0.244. The average molecular weight is 425 g/mol. The smallest absolute Gasteiger partial charge is 0.124 e. The second-order valence-electron chi connectivity index (χ2n) is 7.89. The van der Waals surface area contributed by atoms with Crippen molar-refractivity contribution in [1.29, 1.82) is 0 Å². The summed E-state index contributed by atoms with van der Waals surface area (Å²) in [5.74, 6) is 1.88. The Balaban J connectivity index is 1.64. The summed E-state index contributed by atoms with van der Waals surface area (Å²) in [4.78, 5) is 0. The lowest BCUT2D eigenvalue weighted by Crippen LogP contribution is -2.18. The molecule has 0 amide bonds. The van der Waals surface area contributed by atoms with E-state index in [0.717, 1.165) is 84.9 Å². The van der Waals surface area contributed by atoms with E-state index >= 15 is 0 Å². The van der Waals surface area contributed by atoms with Crippen LogP contribution in [0.2, 0.25) is 0 Å². The number of phenols is 1. The molecule has 3 aromatic rings. The normalized spacial score (nSPS) is 11.3. The molecular weight excluding hydrogens is 388 g/mol. The van der Waals surface area contributed by atoms with E-state index in [9.17, 15) is 5.11 Å². The summed E-state index contributed by atoms with van der Waals surface area (Å²) in [6.07, 6.45) is 4.22. The molecule has 0 aliphatic rings. The van der Waals surface area contributed by atoms with Gasteiger partial charge in [-0.05, 0) is 104 Å². The van der Waals surface area contributed by atoms with Gasteiger partial charge in [-0.1, -0.05) is 19.9 Å². The molecule has 0 radical (unpaired) electrons. The Morgan fingerprint density at radius 1 is 0.677 bits per heavy atom. The summed E-state index contributed by atoms with van der Waals surface area (Å²) >= 11 is 0. The van der Waals surface area contributed by atoms with Gasteiger partial charge in [-0.3, -0.25) is 0 Å². The fourth-order valence-electron chi connectivity index (χ4n) is 3.66. The fourth-order valence-corrected chi connectivity index (χ4v) is 3.66. The molecule has 168 valence electrons. The van der Waals surface area contributed by atoms with Crippen LogP contribution in [0.15, 0.2) is 42.5 Å². The lowest BCUT2D eigenvalue weighted by Gasteiger charge is -2.12. The predicted molar refractivity (Wildman–Crippen MR) is 130 cm³/mol. The van der Waals surface area contributed by atoms with E-state index in [1.54, 1.807) is 0 Å². The van der Waals surface area contributed by atoms with Gasteiger partial charge in [-0.2, -0.15) is 0 Å². The van der Waals surface area contributed by atoms with Crippen LogP contribution in [0.3, 0.4) is 0 Å². The van der Waals surface area contributed by atoms with Crippen LogP contribution in [0, 0.1) is 0 Å². The number of ether oxygens (including phenoxy) is 2. The van der Waals surface area contributed by atoms with Crippen LogP contribution in [0.4, 0.5) is 0 Å². The molecule has 3 N–H and O–H groups in total. The van der Waals surface area contributed by atoms with Crippen LogP contribution in [0.5, 0.6) is 17.2 Å². The predicted octanol–water partition coefficient (Wildman–Crippen LogP) is 5.24. The van der Waals surface area contributed by atoms with Crippen molar-refractivity contribution in [2.24, 2.45) is 0 Å². The van der Waals surface area contributed by atoms with Gasteiger partial charge in [-0.15, -0.1) is 0 Å². The Kier molecular flexibility index (Phi) is 9.25. The monoisotopic (exact) mass is 424 g/mol. The zero-order valence-electron chi connectivity index (χ0n) is 18.9. The van der Waals surface area contributed by atoms with Gasteiger partial charge >= 0.3 is 0 Å². The highest BCUT2D eigenvalue weighted by Crippen LogP contribution is 2.36. The second-order valence-corrected chi connectivity index (χ2v) is 7.89. The summed E-state index contributed by atoms with van der Waals surface area (Å²) in [5.41, 5.74) is 0. The lowest BCUT2D eigenvalue weighted by atomic mass is 10.0. The molecule has 0 atom stereocenters. The number of nitrogens with one attached hydrogen (secondary N) is 2. The van der Waals surface area contributed by atoms with Crippen molar-refractivity contribution < 1.29 is 14.6 Å². The molecule has 0 fully saturated rings. The molecule has 0 saturated carbocycles. The summed E-state index contributed by atoms with van der Waals surface area (Å²) in [6.45, 7) is 9.67. The first-order chi connectivity index (χ1) is 15.2. The maximum absolute atomic E-state index is 10.6. The van der Waals surface area contributed by atoms with Crippen molar-refractivity contribution in [2.45, 2.75) is 39.5 Å². The third kappa shape index (κ3) is 6.74. The molecule has 0 aromatic heterocycles. The highest BCUT2D eigenvalue weighted by atomic mass is 16.5. The fraction of sp³-hybridized carbons (Fsp3) is 0.462. The van der Waals surface area contributed by atoms with E-state index in [1.165, 1.54) is 0 Å². The molecule has 0 saturated heterocycles. The molecule has 31 heavy (non-hydrogen) atoms. The third-order valence-corrected chi connectivity index (χ3v) is 5.26. The standard InChI is InChI=1S/C26H36N2O3/c1-3-11-27-13-5-15-30-21-7-9-23-20(17-21)18-26(29)25-19-22(8-10-24(23)25)31-16-6-14-28-12-4-2/h7-10,17-19,27-29H,3-6,11-16H2,1-2H3. The average Bonchev–Trinajstić information content (AvgIpc) is 2.78. The van der Waals surface area contributed by atoms with Crippen LogP contribution in [-0.4, -0.2) is 44.5 Å². The molecule has 0 unspecified atom stereocenters. The number of fused-ring (bicyclic) bond motifs is 3. The van der Waals surface area contributed by atoms with Gasteiger partial charge in [-0.25, -0.2) is 0 Å². The molecule has 3 rings (SSSR count). The number of benzene rings is 3. The van der Waals surface area contributed by atoms with Crippen LogP contribution < -0.4 is 20.1 Å². The van der Waals surface area contributed by atoms with Crippen molar-refractivity contribution in [1.82, 2.24) is 10.6 Å². The van der Waals surface area contributed by atoms with Crippen molar-refractivity contribution in [3.05, 3.63) is 42.5 Å². The topological polar surface area (TPSA) is 62.8 Å². The second kappa shape index (κ2) is 12.4. The van der Waals surface area contributed by atoms with E-state index in [-0.39, 0.29) is 5.75 Å². The zero-order valence-corrected chi connectivity index (χ0v) is 18.9. The first kappa shape index (κ1) is 23.2. The Labute approximate surface area is 185 Å². The maximum atomic E-state index is 10.6. The van der Waals surface area contributed by atoms with E-state index in [1.807, 2.05) is 36.4 Å². The summed E-state index contributed by atoms with van der Waals surface area (Å²) in [6, 6.07) is 13.8. The number of hydrogen-bond donors (Lipinski definition) is 3. The first-order valence-corrected chi connectivity index (χ1v) is 11.6. The van der Waals surface area contributed by atoms with Gasteiger partial charge in [0, 0.05) is 5.39 Å². The first-order valence-electron chi connectivity index (χ1n) is 11.6. The van der Waals surface area contributed by atoms with Crippen LogP contribution in [-0.2, 0) is 0 Å². The largest absolute Gasteiger partial charge is 0.507 e. The van der Waals surface area contributed by atoms with E-state index in [2.05, 4.69) is 30.5 Å². The molecule has 5 heteroatoms. The van der Waals surface area contributed by atoms with Crippen molar-refractivity contribution >= 4 is 21.5 Å². The Morgan fingerprint density at radius 2 is 1.26 bits per heavy atom. The van der Waals surface area contributed by atoms with Crippen molar-refractivity contribution in [2.75, 3.05) is 39.4 Å². The summed E-state index contributed by atoms with van der Waals surface area (Å²) < 4.78 is 11.8. The molecule has 3 aromatic carbocycles. The summed E-state index contributed by atoms with van der Waals surface area (Å²) in [5, 5.41) is 21.3. The molecule has 0 aliphatic heterocycles. The Bertz CT molecular complexity index is 958. The van der Waals surface area contributed by atoms with Gasteiger partial charge in [0.25, 0.3) is 0 Å². The minimum Gasteiger partial charge on any atom is -0.507 e. The van der Waals surface area contributed by atoms with Gasteiger partial charge in [0.2, 0.25) is 0 Å². The van der Waals surface area contributed by atoms with Gasteiger partial charge in [0.15, 0.2) is 0 Å². The van der Waals surface area contributed by atoms with Crippen LogP contribution >= 0.6 is 0 Å². The Morgan fingerprint density at radius 3 is 1.87 bits per heavy atom. The van der Waals surface area contributed by atoms with E-state index < -0.39 is 0 Å². The minimum atomic E-state index is 0.262. The van der Waals surface area contributed by atoms with Crippen LogP contribution in [0.1, 0.15) is 39.5 Å². The van der Waals surface area contributed by atoms with Gasteiger partial charge in [0.05, 0.1) is 13.2 Å². The molecule has 0 heterocycles. The molecular formula is C26H36N2O3. The van der Waals surface area contributed by atoms with Crippen molar-refractivity contribution in [3.8, 4) is 17.2 Å². The molecule has 0 bridgehead atoms. The zero-order chi connectivity index (χ0) is 21.9. The summed E-state index contributed by atoms with van der Waals surface area (Å²) in [7, 11) is 0. The van der Waals surface area contributed by atoms with E-state index in [4.69, 9.17) is 9.47 Å². The molecule has 0 spiro atoms. The minimum absolute atomic E-state index is 0.262. The van der Waals surface area contributed by atoms with Crippen LogP contribution in [0.25, 0.3) is 21.5 Å². The highest BCUT2D eigenvalue weighted by molar-refractivity contribution is 6.10. The van der Waals surface area contributed by atoms with E-state index in [0.29, 0.717) is 13.2 Å². The SMILES string of the molecule is CCCNCCCOc1ccc2c(c1)cc(O)c1cc(OCCCNCCC)ccc12. The van der Waals surface area contributed by atoms with Gasteiger partial charge < -0.3 is 25.2 Å².